The van der Waals surface area contributed by atoms with Gasteiger partial charge in [0.05, 0.1) is 25.3 Å². The third kappa shape index (κ3) is 2.75. The molecule has 1 N–H and O–H groups in total. The van der Waals surface area contributed by atoms with Gasteiger partial charge < -0.3 is 19.2 Å². The van der Waals surface area contributed by atoms with E-state index in [2.05, 4.69) is 4.98 Å². The number of nitrogens with zero attached hydrogens (tertiary/aromatic N) is 2. The molecule has 1 unspecified atom stereocenters. The molecule has 2 fully saturated rings. The number of carbonyl (C=O) groups excluding carboxylic acids is 1. The quantitative estimate of drug-likeness (QED) is 0.927. The average molecular weight is 342 g/mol. The summed E-state index contributed by atoms with van der Waals surface area (Å²) in [5.41, 5.74) is 1.08. The first-order valence-electron chi connectivity index (χ1n) is 8.60. The number of benzene rings is 1. The zero-order chi connectivity index (χ0) is 17.7. The third-order valence-corrected chi connectivity index (χ3v) is 5.25. The number of aliphatic hydroxyl groups is 1. The highest BCUT2D eigenvalue weighted by Crippen LogP contribution is 2.42. The lowest BCUT2D eigenvalue weighted by molar-refractivity contribution is -0.0957. The lowest BCUT2D eigenvalue weighted by Crippen LogP contribution is -2.63. The number of aryl methyl sites for hydroxylation is 1. The van der Waals surface area contributed by atoms with Gasteiger partial charge >= 0.3 is 0 Å². The first kappa shape index (κ1) is 16.3. The Morgan fingerprint density at radius 3 is 2.88 bits per heavy atom. The second-order valence-electron chi connectivity index (χ2n) is 7.29. The van der Waals surface area contributed by atoms with Crippen LogP contribution in [0.5, 0.6) is 0 Å². The van der Waals surface area contributed by atoms with Crippen LogP contribution in [-0.4, -0.2) is 51.8 Å². The molecule has 1 aromatic carbocycles. The fraction of sp³-hybridized carbons (Fsp3) is 0.474. The predicted octanol–water partition coefficient (Wildman–Crippen LogP) is 2.41. The van der Waals surface area contributed by atoms with Crippen LogP contribution in [0.25, 0.3) is 11.3 Å². The standard InChI is InChI=1S/C19H22N2O4/c1-3-18(23)8-19(25-11-18)9-21(10-19)17(22)15-16(24-12-20-15)14-6-4-5-13(2)7-14/h4-7,12,23H,3,8-11H2,1-2H3. The fourth-order valence-corrected chi connectivity index (χ4v) is 3.75. The van der Waals surface area contributed by atoms with Gasteiger partial charge in [0, 0.05) is 12.0 Å². The summed E-state index contributed by atoms with van der Waals surface area (Å²) in [7, 11) is 0. The van der Waals surface area contributed by atoms with Crippen molar-refractivity contribution in [1.29, 1.82) is 0 Å². The molecule has 25 heavy (non-hydrogen) atoms. The lowest BCUT2D eigenvalue weighted by Gasteiger charge is -2.47. The molecule has 2 saturated heterocycles. The van der Waals surface area contributed by atoms with Crippen molar-refractivity contribution >= 4 is 5.91 Å². The number of amides is 1. The van der Waals surface area contributed by atoms with Gasteiger partial charge in [-0.3, -0.25) is 4.79 Å². The van der Waals surface area contributed by atoms with Crippen LogP contribution >= 0.6 is 0 Å². The predicted molar refractivity (Wildman–Crippen MR) is 91.1 cm³/mol. The van der Waals surface area contributed by atoms with Gasteiger partial charge in [0.15, 0.2) is 17.8 Å². The minimum Gasteiger partial charge on any atom is -0.443 e. The average Bonchev–Trinajstić information content (AvgIpc) is 3.18. The maximum Gasteiger partial charge on any atom is 0.276 e. The van der Waals surface area contributed by atoms with Crippen LogP contribution in [0.3, 0.4) is 0 Å². The monoisotopic (exact) mass is 342 g/mol. The van der Waals surface area contributed by atoms with Crippen molar-refractivity contribution in [2.75, 3.05) is 19.7 Å². The Morgan fingerprint density at radius 2 is 2.20 bits per heavy atom. The van der Waals surface area contributed by atoms with Crippen LogP contribution in [-0.2, 0) is 4.74 Å². The van der Waals surface area contributed by atoms with E-state index in [1.54, 1.807) is 4.90 Å². The molecule has 3 heterocycles. The van der Waals surface area contributed by atoms with E-state index in [0.29, 0.717) is 44.0 Å². The van der Waals surface area contributed by atoms with Crippen molar-refractivity contribution in [2.45, 2.75) is 37.9 Å². The maximum atomic E-state index is 12.8. The number of hydrogen-bond acceptors (Lipinski definition) is 5. The molecule has 0 bridgehead atoms. The summed E-state index contributed by atoms with van der Waals surface area (Å²) in [6.07, 6.45) is 2.54. The Labute approximate surface area is 146 Å². The lowest BCUT2D eigenvalue weighted by atomic mass is 9.83. The molecule has 6 nitrogen and oxygen atoms in total. The first-order chi connectivity index (χ1) is 11.9. The van der Waals surface area contributed by atoms with Gasteiger partial charge in [-0.15, -0.1) is 0 Å². The van der Waals surface area contributed by atoms with Crippen LogP contribution in [0.15, 0.2) is 35.1 Å². The molecule has 1 aromatic heterocycles. The summed E-state index contributed by atoms with van der Waals surface area (Å²) >= 11 is 0. The third-order valence-electron chi connectivity index (χ3n) is 5.25. The van der Waals surface area contributed by atoms with Crippen molar-refractivity contribution in [3.63, 3.8) is 0 Å². The second-order valence-corrected chi connectivity index (χ2v) is 7.29. The molecule has 132 valence electrons. The number of aromatic nitrogens is 1. The second kappa shape index (κ2) is 5.68. The molecular weight excluding hydrogens is 320 g/mol. The highest BCUT2D eigenvalue weighted by Gasteiger charge is 2.56. The Bertz CT molecular complexity index is 809. The minimum absolute atomic E-state index is 0.161. The van der Waals surface area contributed by atoms with E-state index in [-0.39, 0.29) is 5.91 Å². The topological polar surface area (TPSA) is 75.8 Å². The molecule has 2 aliphatic rings. The van der Waals surface area contributed by atoms with E-state index in [0.717, 1.165) is 11.1 Å². The van der Waals surface area contributed by atoms with Crippen LogP contribution in [0.4, 0.5) is 0 Å². The van der Waals surface area contributed by atoms with E-state index in [4.69, 9.17) is 9.15 Å². The number of rotatable bonds is 3. The Morgan fingerprint density at radius 1 is 1.40 bits per heavy atom. The molecule has 0 saturated carbocycles. The Kier molecular flexibility index (Phi) is 3.70. The van der Waals surface area contributed by atoms with E-state index in [9.17, 15) is 9.90 Å². The van der Waals surface area contributed by atoms with Gasteiger partial charge in [-0.25, -0.2) is 4.98 Å². The highest BCUT2D eigenvalue weighted by molar-refractivity contribution is 5.98. The molecule has 2 aromatic rings. The highest BCUT2D eigenvalue weighted by atomic mass is 16.5. The first-order valence-corrected chi connectivity index (χ1v) is 8.60. The molecule has 6 heteroatoms. The van der Waals surface area contributed by atoms with Crippen molar-refractivity contribution in [3.8, 4) is 11.3 Å². The summed E-state index contributed by atoms with van der Waals surface area (Å²) in [5, 5.41) is 10.4. The van der Waals surface area contributed by atoms with Gasteiger partial charge in [0.2, 0.25) is 0 Å². The summed E-state index contributed by atoms with van der Waals surface area (Å²) < 4.78 is 11.3. The number of carbonyl (C=O) groups is 1. The van der Waals surface area contributed by atoms with E-state index < -0.39 is 11.2 Å². The van der Waals surface area contributed by atoms with Crippen LogP contribution in [0, 0.1) is 6.92 Å². The van der Waals surface area contributed by atoms with E-state index >= 15 is 0 Å². The summed E-state index contributed by atoms with van der Waals surface area (Å²) in [6, 6.07) is 7.80. The van der Waals surface area contributed by atoms with Gasteiger partial charge in [-0.05, 0) is 19.4 Å². The summed E-state index contributed by atoms with van der Waals surface area (Å²) in [6.45, 7) is 5.24. The van der Waals surface area contributed by atoms with Crippen molar-refractivity contribution in [3.05, 3.63) is 41.9 Å². The van der Waals surface area contributed by atoms with Gasteiger partial charge in [-0.1, -0.05) is 30.7 Å². The minimum atomic E-state index is -0.768. The summed E-state index contributed by atoms with van der Waals surface area (Å²) in [4.78, 5) is 18.7. The largest absolute Gasteiger partial charge is 0.443 e. The van der Waals surface area contributed by atoms with Crippen LogP contribution < -0.4 is 0 Å². The molecular formula is C19H22N2O4. The normalized spacial score (nSPS) is 24.5. The Hall–Kier alpha value is -2.18. The zero-order valence-corrected chi connectivity index (χ0v) is 14.5. The van der Waals surface area contributed by atoms with E-state index in [1.165, 1.54) is 6.39 Å². The number of oxazole rings is 1. The summed E-state index contributed by atoms with van der Waals surface area (Å²) in [5.74, 6) is 0.332. The Balaban J connectivity index is 1.50. The van der Waals surface area contributed by atoms with Crippen LogP contribution in [0.2, 0.25) is 0 Å². The van der Waals surface area contributed by atoms with Crippen molar-refractivity contribution in [1.82, 2.24) is 9.88 Å². The number of likely N-dealkylation sites (tertiary alicyclic amines) is 1. The molecule has 1 spiro atoms. The molecule has 0 aliphatic carbocycles. The SMILES string of the molecule is CCC1(O)COC2(CN(C(=O)c3ncoc3-c3cccc(C)c3)C2)C1. The zero-order valence-electron chi connectivity index (χ0n) is 14.5. The van der Waals surface area contributed by atoms with Crippen molar-refractivity contribution < 1.29 is 19.1 Å². The fourth-order valence-electron chi connectivity index (χ4n) is 3.75. The van der Waals surface area contributed by atoms with E-state index in [1.807, 2.05) is 38.1 Å². The van der Waals surface area contributed by atoms with Gasteiger partial charge in [-0.2, -0.15) is 0 Å². The van der Waals surface area contributed by atoms with Gasteiger partial charge in [0.25, 0.3) is 5.91 Å². The van der Waals surface area contributed by atoms with Gasteiger partial charge in [0.1, 0.15) is 5.60 Å². The number of ether oxygens (including phenoxy) is 1. The maximum absolute atomic E-state index is 12.8. The molecule has 2 aliphatic heterocycles. The molecule has 0 radical (unpaired) electrons. The number of hydrogen-bond donors (Lipinski definition) is 1. The van der Waals surface area contributed by atoms with Crippen molar-refractivity contribution in [2.24, 2.45) is 0 Å². The molecule has 1 amide bonds. The molecule has 4 rings (SSSR count). The smallest absolute Gasteiger partial charge is 0.276 e. The van der Waals surface area contributed by atoms with Crippen LogP contribution in [0.1, 0.15) is 35.8 Å². The molecule has 1 atom stereocenters.